The van der Waals surface area contributed by atoms with Gasteiger partial charge >= 0.3 is 6.36 Å². The minimum atomic E-state index is -4.65. The molecule has 108 valence electrons. The van der Waals surface area contributed by atoms with Crippen molar-refractivity contribution in [1.29, 1.82) is 0 Å². The number of hydrogen-bond donors (Lipinski definition) is 1. The fourth-order valence-corrected chi connectivity index (χ4v) is 1.39. The minimum Gasteiger partial charge on any atom is -0.406 e. The second kappa shape index (κ2) is 7.89. The average Bonchev–Trinajstić information content (AvgIpc) is 2.34. The molecule has 6 heteroatoms. The third-order valence-electron chi connectivity index (χ3n) is 2.31. The van der Waals surface area contributed by atoms with E-state index < -0.39 is 6.36 Å². The van der Waals surface area contributed by atoms with Crippen molar-refractivity contribution in [3.05, 3.63) is 24.3 Å². The summed E-state index contributed by atoms with van der Waals surface area (Å²) >= 11 is 0. The third kappa shape index (κ3) is 7.56. The van der Waals surface area contributed by atoms with Crippen molar-refractivity contribution in [3.8, 4) is 5.75 Å². The lowest BCUT2D eigenvalue weighted by molar-refractivity contribution is -0.274. The Morgan fingerprint density at radius 1 is 1.11 bits per heavy atom. The highest BCUT2D eigenvalue weighted by Gasteiger charge is 2.30. The van der Waals surface area contributed by atoms with Gasteiger partial charge in [-0.1, -0.05) is 13.3 Å². The van der Waals surface area contributed by atoms with Gasteiger partial charge in [-0.15, -0.1) is 13.2 Å². The number of halogens is 3. The van der Waals surface area contributed by atoms with Crippen molar-refractivity contribution >= 4 is 5.69 Å². The topological polar surface area (TPSA) is 30.5 Å². The van der Waals surface area contributed by atoms with E-state index in [0.717, 1.165) is 25.1 Å². The Kier molecular flexibility index (Phi) is 6.49. The summed E-state index contributed by atoms with van der Waals surface area (Å²) in [4.78, 5) is 0. The minimum absolute atomic E-state index is 0.225. The first-order valence-electron chi connectivity index (χ1n) is 6.18. The van der Waals surface area contributed by atoms with Gasteiger partial charge in [0.15, 0.2) is 0 Å². The quantitative estimate of drug-likeness (QED) is 0.733. The molecular formula is C13H18F3NO2. The highest BCUT2D eigenvalue weighted by atomic mass is 19.4. The van der Waals surface area contributed by atoms with E-state index in [2.05, 4.69) is 17.0 Å². The van der Waals surface area contributed by atoms with Crippen molar-refractivity contribution < 1.29 is 22.6 Å². The van der Waals surface area contributed by atoms with E-state index in [1.807, 2.05) is 0 Å². The molecular weight excluding hydrogens is 259 g/mol. The third-order valence-corrected chi connectivity index (χ3v) is 2.31. The van der Waals surface area contributed by atoms with E-state index in [9.17, 15) is 13.2 Å². The van der Waals surface area contributed by atoms with Crippen LogP contribution >= 0.6 is 0 Å². The molecule has 0 aromatic heterocycles. The zero-order chi connectivity index (χ0) is 14.1. The van der Waals surface area contributed by atoms with Crippen LogP contribution in [0, 0.1) is 0 Å². The summed E-state index contributed by atoms with van der Waals surface area (Å²) in [6.07, 6.45) is -2.53. The van der Waals surface area contributed by atoms with Gasteiger partial charge in [0.05, 0.1) is 6.61 Å². The van der Waals surface area contributed by atoms with Gasteiger partial charge in [0.25, 0.3) is 0 Å². The van der Waals surface area contributed by atoms with E-state index >= 15 is 0 Å². The summed E-state index contributed by atoms with van der Waals surface area (Å²) in [5, 5.41) is 3.05. The van der Waals surface area contributed by atoms with Crippen molar-refractivity contribution in [2.45, 2.75) is 26.1 Å². The number of rotatable bonds is 8. The first kappa shape index (κ1) is 15.6. The lowest BCUT2D eigenvalue weighted by Crippen LogP contribution is -2.17. The highest BCUT2D eigenvalue weighted by molar-refractivity contribution is 5.46. The highest BCUT2D eigenvalue weighted by Crippen LogP contribution is 2.23. The van der Waals surface area contributed by atoms with Gasteiger partial charge in [-0.3, -0.25) is 0 Å². The van der Waals surface area contributed by atoms with Gasteiger partial charge < -0.3 is 14.8 Å². The molecule has 19 heavy (non-hydrogen) atoms. The van der Waals surface area contributed by atoms with Crippen LogP contribution in [0.15, 0.2) is 24.3 Å². The Balaban J connectivity index is 2.25. The van der Waals surface area contributed by atoms with E-state index in [-0.39, 0.29) is 5.75 Å². The predicted octanol–water partition coefficient (Wildman–Crippen LogP) is 3.81. The number of alkyl halides is 3. The molecule has 0 spiro atoms. The van der Waals surface area contributed by atoms with Gasteiger partial charge in [0.2, 0.25) is 0 Å². The monoisotopic (exact) mass is 277 g/mol. The molecule has 1 aromatic carbocycles. The van der Waals surface area contributed by atoms with Crippen molar-refractivity contribution in [2.75, 3.05) is 25.1 Å². The number of unbranched alkanes of at least 4 members (excludes halogenated alkanes) is 1. The number of nitrogens with one attached hydrogen (secondary N) is 1. The maximum atomic E-state index is 11.9. The van der Waals surface area contributed by atoms with Gasteiger partial charge in [-0.05, 0) is 30.7 Å². The molecule has 0 bridgehead atoms. The molecule has 0 fully saturated rings. The Morgan fingerprint density at radius 3 is 2.37 bits per heavy atom. The molecule has 0 amide bonds. The number of ether oxygens (including phenoxy) is 2. The fraction of sp³-hybridized carbons (Fsp3) is 0.538. The summed E-state index contributed by atoms with van der Waals surface area (Å²) in [6.45, 7) is 4.01. The molecule has 0 atom stereocenters. The molecule has 1 N–H and O–H groups in total. The van der Waals surface area contributed by atoms with Crippen LogP contribution in [-0.2, 0) is 4.74 Å². The fourth-order valence-electron chi connectivity index (χ4n) is 1.39. The van der Waals surface area contributed by atoms with Gasteiger partial charge in [0, 0.05) is 18.8 Å². The first-order chi connectivity index (χ1) is 9.01. The van der Waals surface area contributed by atoms with Crippen LogP contribution in [0.3, 0.4) is 0 Å². The van der Waals surface area contributed by atoms with E-state index in [4.69, 9.17) is 4.74 Å². The van der Waals surface area contributed by atoms with Crippen LogP contribution in [-0.4, -0.2) is 26.1 Å². The van der Waals surface area contributed by atoms with Gasteiger partial charge in [-0.25, -0.2) is 0 Å². The first-order valence-corrected chi connectivity index (χ1v) is 6.18. The lowest BCUT2D eigenvalue weighted by Gasteiger charge is -2.10. The van der Waals surface area contributed by atoms with Crippen LogP contribution in [0.4, 0.5) is 18.9 Å². The van der Waals surface area contributed by atoms with Crippen LogP contribution in [0.2, 0.25) is 0 Å². The summed E-state index contributed by atoms with van der Waals surface area (Å²) in [5.41, 5.74) is 0.730. The van der Waals surface area contributed by atoms with Crippen molar-refractivity contribution in [2.24, 2.45) is 0 Å². The van der Waals surface area contributed by atoms with E-state index in [1.54, 1.807) is 0 Å². The molecule has 0 aliphatic rings. The Hall–Kier alpha value is -1.43. The zero-order valence-electron chi connectivity index (χ0n) is 10.8. The summed E-state index contributed by atoms with van der Waals surface area (Å²) < 4.78 is 44.9. The largest absolute Gasteiger partial charge is 0.573 e. The van der Waals surface area contributed by atoms with Crippen LogP contribution in [0.25, 0.3) is 0 Å². The van der Waals surface area contributed by atoms with Gasteiger partial charge in [-0.2, -0.15) is 0 Å². The molecule has 3 nitrogen and oxygen atoms in total. The molecule has 0 heterocycles. The molecule has 0 saturated heterocycles. The zero-order valence-corrected chi connectivity index (χ0v) is 10.8. The number of hydrogen-bond acceptors (Lipinski definition) is 3. The molecule has 1 rings (SSSR count). The second-order valence-electron chi connectivity index (χ2n) is 3.96. The number of benzene rings is 1. The predicted molar refractivity (Wildman–Crippen MR) is 67.3 cm³/mol. The van der Waals surface area contributed by atoms with Gasteiger partial charge in [0.1, 0.15) is 5.75 Å². The summed E-state index contributed by atoms with van der Waals surface area (Å²) in [7, 11) is 0. The van der Waals surface area contributed by atoms with Crippen molar-refractivity contribution in [1.82, 2.24) is 0 Å². The Labute approximate surface area is 110 Å². The maximum absolute atomic E-state index is 11.9. The smallest absolute Gasteiger partial charge is 0.406 e. The lowest BCUT2D eigenvalue weighted by atomic mass is 10.3. The second-order valence-corrected chi connectivity index (χ2v) is 3.96. The SMILES string of the molecule is CCCCOCCNc1ccc(OC(F)(F)F)cc1. The molecule has 0 unspecified atom stereocenters. The molecule has 0 saturated carbocycles. The average molecular weight is 277 g/mol. The van der Waals surface area contributed by atoms with Crippen LogP contribution in [0.1, 0.15) is 19.8 Å². The summed E-state index contributed by atoms with van der Waals surface area (Å²) in [5.74, 6) is -0.225. The molecule has 0 radical (unpaired) electrons. The van der Waals surface area contributed by atoms with Crippen molar-refractivity contribution in [3.63, 3.8) is 0 Å². The normalized spacial score (nSPS) is 11.4. The van der Waals surface area contributed by atoms with E-state index in [0.29, 0.717) is 13.2 Å². The molecule has 0 aliphatic heterocycles. The molecule has 0 aliphatic carbocycles. The Bertz CT molecular complexity index is 352. The standard InChI is InChI=1S/C13H18F3NO2/c1-2-3-9-18-10-8-17-11-4-6-12(7-5-11)19-13(14,15)16/h4-7,17H,2-3,8-10H2,1H3. The van der Waals surface area contributed by atoms with Crippen LogP contribution < -0.4 is 10.1 Å². The molecule has 1 aromatic rings. The Morgan fingerprint density at radius 2 is 1.79 bits per heavy atom. The maximum Gasteiger partial charge on any atom is 0.573 e. The number of anilines is 1. The van der Waals surface area contributed by atoms with Crippen LogP contribution in [0.5, 0.6) is 5.75 Å². The van der Waals surface area contributed by atoms with E-state index in [1.165, 1.54) is 24.3 Å². The summed E-state index contributed by atoms with van der Waals surface area (Å²) in [6, 6.07) is 5.61.